The predicted molar refractivity (Wildman–Crippen MR) is 19.6 cm³/mol. The Morgan fingerprint density at radius 3 is 1.60 bits per heavy atom. The fourth-order valence-electron chi connectivity index (χ4n) is 0. The van der Waals surface area contributed by atoms with Gasteiger partial charge in [0, 0.05) is 0 Å². The van der Waals surface area contributed by atoms with E-state index in [2.05, 4.69) is 0 Å². The Morgan fingerprint density at radius 1 is 1.60 bits per heavy atom. The van der Waals surface area contributed by atoms with E-state index in [1.807, 2.05) is 0 Å². The monoisotopic (exact) mass is 88.0 g/mol. The molecule has 0 unspecified atom stereocenters. The molecule has 0 fully saturated rings. The van der Waals surface area contributed by atoms with Gasteiger partial charge in [0.15, 0.2) is 0 Å². The van der Waals surface area contributed by atoms with Crippen molar-refractivity contribution in [3.63, 3.8) is 0 Å². The number of carbonyl (C=O) groups excluding carboxylic acids is 1. The molecule has 3 heteroatoms. The SMILES string of the molecule is CC=O.[O]=[AlH]. The van der Waals surface area contributed by atoms with Gasteiger partial charge in [-0.25, -0.2) is 0 Å². The van der Waals surface area contributed by atoms with Crippen LogP contribution < -0.4 is 0 Å². The zero-order chi connectivity index (χ0) is 4.71. The standard InChI is InChI=1S/C2H4O.Al.O.H/c1-2-3;;;/h2H,1H3;;;. The van der Waals surface area contributed by atoms with Crippen LogP contribution in [0.3, 0.4) is 0 Å². The number of carbonyl (C=O) groups is 1. The van der Waals surface area contributed by atoms with E-state index in [1.165, 1.54) is 6.92 Å². The summed E-state index contributed by atoms with van der Waals surface area (Å²) in [7, 11) is 0. The van der Waals surface area contributed by atoms with Gasteiger partial charge in [-0.3, -0.25) is 0 Å². The van der Waals surface area contributed by atoms with Gasteiger partial charge >= 0.3 is 20.0 Å². The molecular weight excluding hydrogens is 83.0 g/mol. The Hall–Kier alpha value is 0.00247. The quantitative estimate of drug-likeness (QED) is 0.294. The van der Waals surface area contributed by atoms with Crippen molar-refractivity contribution >= 4 is 22.5 Å². The van der Waals surface area contributed by atoms with Crippen molar-refractivity contribution in [1.29, 1.82) is 0 Å². The van der Waals surface area contributed by atoms with E-state index in [0.29, 0.717) is 16.2 Å². The molecule has 0 atom stereocenters. The average molecular weight is 88.0 g/mol. The molecule has 28 valence electrons. The van der Waals surface area contributed by atoms with Crippen molar-refractivity contribution in [2.75, 3.05) is 0 Å². The summed E-state index contributed by atoms with van der Waals surface area (Å²) >= 11 is 0.611. The molecule has 0 radical (unpaired) electrons. The van der Waals surface area contributed by atoms with Crippen LogP contribution in [0.2, 0.25) is 0 Å². The van der Waals surface area contributed by atoms with E-state index in [-0.39, 0.29) is 0 Å². The molecule has 0 aromatic rings. The summed E-state index contributed by atoms with van der Waals surface area (Å²) in [5.41, 5.74) is 0. The van der Waals surface area contributed by atoms with E-state index in [4.69, 9.17) is 8.60 Å². The maximum atomic E-state index is 8.81. The van der Waals surface area contributed by atoms with Gasteiger partial charge in [0.25, 0.3) is 0 Å². The summed E-state index contributed by atoms with van der Waals surface area (Å²) in [6.45, 7) is 1.44. The molecule has 0 N–H and O–H groups in total. The van der Waals surface area contributed by atoms with Crippen molar-refractivity contribution in [3.05, 3.63) is 0 Å². The number of hydrogen-bond donors (Lipinski definition) is 0. The van der Waals surface area contributed by atoms with Crippen LogP contribution >= 0.6 is 0 Å². The van der Waals surface area contributed by atoms with Crippen molar-refractivity contribution < 1.29 is 8.60 Å². The molecule has 0 heterocycles. The molecular formula is C2H5AlO2. The van der Waals surface area contributed by atoms with Crippen LogP contribution in [0, 0.1) is 0 Å². The molecule has 0 aliphatic heterocycles. The molecule has 0 aliphatic rings. The van der Waals surface area contributed by atoms with Crippen molar-refractivity contribution in [1.82, 2.24) is 0 Å². The molecule has 0 saturated carbocycles. The van der Waals surface area contributed by atoms with Gasteiger partial charge in [-0.05, 0) is 6.92 Å². The second-order valence-electron chi connectivity index (χ2n) is 0.236. The van der Waals surface area contributed by atoms with Crippen molar-refractivity contribution in [2.24, 2.45) is 0 Å². The first-order valence-electron chi connectivity index (χ1n) is 1.10. The summed E-state index contributed by atoms with van der Waals surface area (Å²) in [5.74, 6) is 0. The van der Waals surface area contributed by atoms with Gasteiger partial charge in [0.05, 0.1) is 0 Å². The fourth-order valence-corrected chi connectivity index (χ4v) is 0. The van der Waals surface area contributed by atoms with Gasteiger partial charge < -0.3 is 4.79 Å². The minimum absolute atomic E-state index is 0.611. The zero-order valence-corrected chi connectivity index (χ0v) is 4.52. The van der Waals surface area contributed by atoms with Crippen LogP contribution in [-0.2, 0) is 8.60 Å². The molecule has 0 spiro atoms. The molecule has 0 amide bonds. The topological polar surface area (TPSA) is 34.1 Å². The number of aldehydes is 1. The molecule has 0 aromatic carbocycles. The first kappa shape index (κ1) is 8.89. The van der Waals surface area contributed by atoms with E-state index < -0.39 is 0 Å². The van der Waals surface area contributed by atoms with Gasteiger partial charge in [-0.1, -0.05) is 0 Å². The summed E-state index contributed by atoms with van der Waals surface area (Å²) in [5, 5.41) is 0. The number of rotatable bonds is 0. The molecule has 0 rings (SSSR count). The Bertz CT molecular complexity index is 21.6. The zero-order valence-electron chi connectivity index (χ0n) is 3.10. The maximum absolute atomic E-state index is 8.81. The van der Waals surface area contributed by atoms with Crippen LogP contribution in [0.4, 0.5) is 0 Å². The van der Waals surface area contributed by atoms with Crippen LogP contribution in [-0.4, -0.2) is 22.5 Å². The first-order valence-corrected chi connectivity index (χ1v) is 1.68. The van der Waals surface area contributed by atoms with Crippen molar-refractivity contribution in [3.8, 4) is 0 Å². The third-order valence-electron chi connectivity index (χ3n) is 0. The molecule has 0 aliphatic carbocycles. The van der Waals surface area contributed by atoms with Gasteiger partial charge in [-0.2, -0.15) is 0 Å². The van der Waals surface area contributed by atoms with Crippen LogP contribution in [0.15, 0.2) is 0 Å². The third-order valence-corrected chi connectivity index (χ3v) is 0. The molecule has 0 saturated heterocycles. The van der Waals surface area contributed by atoms with E-state index in [9.17, 15) is 0 Å². The van der Waals surface area contributed by atoms with Gasteiger partial charge in [0.1, 0.15) is 6.29 Å². The second-order valence-corrected chi connectivity index (χ2v) is 0.236. The molecule has 2 nitrogen and oxygen atoms in total. The molecule has 0 aromatic heterocycles. The Kier molecular flexibility index (Phi) is 63.8. The molecule has 0 bridgehead atoms. The Balaban J connectivity index is 0. The molecule has 5 heavy (non-hydrogen) atoms. The van der Waals surface area contributed by atoms with Gasteiger partial charge in [-0.15, -0.1) is 0 Å². The number of hydrogen-bond acceptors (Lipinski definition) is 2. The van der Waals surface area contributed by atoms with E-state index in [0.717, 1.165) is 6.29 Å². The summed E-state index contributed by atoms with van der Waals surface area (Å²) < 4.78 is 8.28. The second kappa shape index (κ2) is 35.9. The normalized spacial score (nSPS) is 3.20. The van der Waals surface area contributed by atoms with Crippen LogP contribution in [0.1, 0.15) is 6.92 Å². The summed E-state index contributed by atoms with van der Waals surface area (Å²) in [6.07, 6.45) is 0.750. The Morgan fingerprint density at radius 2 is 1.60 bits per heavy atom. The summed E-state index contributed by atoms with van der Waals surface area (Å²) in [4.78, 5) is 8.81. The first-order chi connectivity index (χ1) is 2.41. The van der Waals surface area contributed by atoms with E-state index >= 15 is 0 Å². The van der Waals surface area contributed by atoms with Gasteiger partial charge in [0.2, 0.25) is 0 Å². The predicted octanol–water partition coefficient (Wildman–Crippen LogP) is -0.562. The van der Waals surface area contributed by atoms with Crippen LogP contribution in [0.5, 0.6) is 0 Å². The minimum atomic E-state index is 0.611. The Labute approximate surface area is 38.8 Å². The average Bonchev–Trinajstić information content (AvgIpc) is 1.46. The van der Waals surface area contributed by atoms with Crippen molar-refractivity contribution in [2.45, 2.75) is 6.92 Å². The fraction of sp³-hybridized carbons (Fsp3) is 0.500. The third kappa shape index (κ3) is 2640000. The van der Waals surface area contributed by atoms with E-state index in [1.54, 1.807) is 0 Å². The summed E-state index contributed by atoms with van der Waals surface area (Å²) in [6, 6.07) is 0. The van der Waals surface area contributed by atoms with Crippen LogP contribution in [0.25, 0.3) is 0 Å².